The third kappa shape index (κ3) is 3.78. The fourth-order valence-electron chi connectivity index (χ4n) is 2.34. The van der Waals surface area contributed by atoms with Crippen molar-refractivity contribution < 1.29 is 4.74 Å². The smallest absolute Gasteiger partial charge is 0.0891 e. The third-order valence-electron chi connectivity index (χ3n) is 3.81. The summed E-state index contributed by atoms with van der Waals surface area (Å²) in [6.07, 6.45) is 5.93. The number of halogens is 1. The molecule has 0 amide bonds. The van der Waals surface area contributed by atoms with Gasteiger partial charge in [0.1, 0.15) is 0 Å². The van der Waals surface area contributed by atoms with Gasteiger partial charge in [-0.15, -0.1) is 0 Å². The predicted octanol–water partition coefficient (Wildman–Crippen LogP) is 4.19. The predicted molar refractivity (Wildman–Crippen MR) is 72.7 cm³/mol. The molecule has 3 atom stereocenters. The summed E-state index contributed by atoms with van der Waals surface area (Å²) in [5.41, 5.74) is 1.01. The minimum atomic E-state index is 0.423. The van der Waals surface area contributed by atoms with Gasteiger partial charge in [-0.3, -0.25) is 4.98 Å². The molecule has 2 rings (SSSR count). The van der Waals surface area contributed by atoms with Crippen LogP contribution in [0.2, 0.25) is 0 Å². The van der Waals surface area contributed by atoms with Gasteiger partial charge in [-0.25, -0.2) is 0 Å². The van der Waals surface area contributed by atoms with Crippen LogP contribution in [0.15, 0.2) is 22.8 Å². The lowest BCUT2D eigenvalue weighted by molar-refractivity contribution is -0.00876. The van der Waals surface area contributed by atoms with Crippen LogP contribution in [0.3, 0.4) is 0 Å². The van der Waals surface area contributed by atoms with Gasteiger partial charge in [-0.1, -0.05) is 13.8 Å². The van der Waals surface area contributed by atoms with Crippen molar-refractivity contribution in [3.63, 3.8) is 0 Å². The monoisotopic (exact) mass is 297 g/mol. The average Bonchev–Trinajstić information content (AvgIpc) is 2.33. The van der Waals surface area contributed by atoms with Crippen molar-refractivity contribution in [2.24, 2.45) is 11.8 Å². The highest BCUT2D eigenvalue weighted by Crippen LogP contribution is 2.31. The molecule has 0 aromatic carbocycles. The Morgan fingerprint density at radius 1 is 1.29 bits per heavy atom. The van der Waals surface area contributed by atoms with Gasteiger partial charge < -0.3 is 4.74 Å². The minimum Gasteiger partial charge on any atom is -0.372 e. The maximum Gasteiger partial charge on any atom is 0.0891 e. The van der Waals surface area contributed by atoms with E-state index in [0.29, 0.717) is 12.7 Å². The van der Waals surface area contributed by atoms with Crippen molar-refractivity contribution in [3.8, 4) is 0 Å². The molecule has 0 N–H and O–H groups in total. The lowest BCUT2D eigenvalue weighted by Gasteiger charge is -2.31. The summed E-state index contributed by atoms with van der Waals surface area (Å²) in [5, 5.41) is 0. The van der Waals surface area contributed by atoms with E-state index in [-0.39, 0.29) is 0 Å². The molecule has 1 heterocycles. The molecule has 94 valence electrons. The van der Waals surface area contributed by atoms with E-state index in [0.717, 1.165) is 22.0 Å². The number of hydrogen-bond acceptors (Lipinski definition) is 2. The van der Waals surface area contributed by atoms with Gasteiger partial charge in [0, 0.05) is 10.7 Å². The second-order valence-corrected chi connectivity index (χ2v) is 6.08. The van der Waals surface area contributed by atoms with Gasteiger partial charge in [0.2, 0.25) is 0 Å². The Morgan fingerprint density at radius 2 is 2.12 bits per heavy atom. The van der Waals surface area contributed by atoms with Crippen molar-refractivity contribution >= 4 is 15.9 Å². The summed E-state index contributed by atoms with van der Waals surface area (Å²) in [4.78, 5) is 4.32. The molecule has 0 spiro atoms. The molecule has 1 saturated carbocycles. The highest BCUT2D eigenvalue weighted by atomic mass is 79.9. The van der Waals surface area contributed by atoms with E-state index >= 15 is 0 Å². The zero-order valence-electron chi connectivity index (χ0n) is 10.5. The van der Waals surface area contributed by atoms with E-state index in [2.05, 4.69) is 34.8 Å². The highest BCUT2D eigenvalue weighted by Gasteiger charge is 2.24. The van der Waals surface area contributed by atoms with E-state index in [1.807, 2.05) is 18.3 Å². The third-order valence-corrected chi connectivity index (χ3v) is 4.27. The Kier molecular flexibility index (Phi) is 4.57. The van der Waals surface area contributed by atoms with Crippen LogP contribution in [-0.4, -0.2) is 11.1 Å². The summed E-state index contributed by atoms with van der Waals surface area (Å²) < 4.78 is 6.96. The summed E-state index contributed by atoms with van der Waals surface area (Å²) >= 11 is 3.38. The molecule has 1 aliphatic rings. The maximum absolute atomic E-state index is 5.95. The molecule has 3 unspecified atom stereocenters. The number of pyridine rings is 1. The minimum absolute atomic E-state index is 0.423. The number of nitrogens with zero attached hydrogens (tertiary/aromatic N) is 1. The van der Waals surface area contributed by atoms with Crippen molar-refractivity contribution in [1.82, 2.24) is 4.98 Å². The van der Waals surface area contributed by atoms with Crippen LogP contribution in [0.1, 0.15) is 38.8 Å². The number of hydrogen-bond donors (Lipinski definition) is 0. The maximum atomic E-state index is 5.95. The molecule has 1 aliphatic carbocycles. The Balaban J connectivity index is 1.80. The Morgan fingerprint density at radius 3 is 2.76 bits per heavy atom. The molecular formula is C14H20BrNO. The molecule has 1 aromatic rings. The zero-order chi connectivity index (χ0) is 12.3. The van der Waals surface area contributed by atoms with Gasteiger partial charge in [0.15, 0.2) is 0 Å². The normalized spacial score (nSPS) is 29.2. The van der Waals surface area contributed by atoms with E-state index in [1.54, 1.807) is 0 Å². The van der Waals surface area contributed by atoms with Gasteiger partial charge in [0.25, 0.3) is 0 Å². The van der Waals surface area contributed by atoms with Crippen LogP contribution in [0.4, 0.5) is 0 Å². The standard InChI is InChI=1S/C14H20BrNO/c1-10-3-6-14(7-11(10)2)17-9-13-5-4-12(15)8-16-13/h4-5,8,10-11,14H,3,6-7,9H2,1-2H3. The van der Waals surface area contributed by atoms with Crippen molar-refractivity contribution in [2.75, 3.05) is 0 Å². The van der Waals surface area contributed by atoms with Crippen LogP contribution in [0, 0.1) is 11.8 Å². The summed E-state index contributed by atoms with van der Waals surface area (Å²) in [6, 6.07) is 4.02. The van der Waals surface area contributed by atoms with Crippen molar-refractivity contribution in [1.29, 1.82) is 0 Å². The molecule has 0 bridgehead atoms. The highest BCUT2D eigenvalue weighted by molar-refractivity contribution is 9.10. The Hall–Kier alpha value is -0.410. The van der Waals surface area contributed by atoms with Gasteiger partial charge in [-0.2, -0.15) is 0 Å². The topological polar surface area (TPSA) is 22.1 Å². The van der Waals surface area contributed by atoms with Crippen LogP contribution in [0.25, 0.3) is 0 Å². The average molecular weight is 298 g/mol. The van der Waals surface area contributed by atoms with E-state index < -0.39 is 0 Å². The fraction of sp³-hybridized carbons (Fsp3) is 0.643. The largest absolute Gasteiger partial charge is 0.372 e. The number of aromatic nitrogens is 1. The quantitative estimate of drug-likeness (QED) is 0.835. The molecule has 0 saturated heterocycles. The Bertz CT molecular complexity index is 352. The fourth-order valence-corrected chi connectivity index (χ4v) is 2.58. The van der Waals surface area contributed by atoms with Crippen LogP contribution in [-0.2, 0) is 11.3 Å². The van der Waals surface area contributed by atoms with Crippen LogP contribution < -0.4 is 0 Å². The molecule has 2 nitrogen and oxygen atoms in total. The zero-order valence-corrected chi connectivity index (χ0v) is 12.1. The number of rotatable bonds is 3. The second kappa shape index (κ2) is 5.96. The van der Waals surface area contributed by atoms with E-state index in [4.69, 9.17) is 4.74 Å². The van der Waals surface area contributed by atoms with Crippen LogP contribution >= 0.6 is 15.9 Å². The second-order valence-electron chi connectivity index (χ2n) is 5.17. The first-order valence-corrected chi connectivity index (χ1v) is 7.16. The first-order valence-electron chi connectivity index (χ1n) is 6.37. The molecule has 1 aromatic heterocycles. The van der Waals surface area contributed by atoms with Crippen molar-refractivity contribution in [2.45, 2.75) is 45.8 Å². The molecule has 1 fully saturated rings. The lowest BCUT2D eigenvalue weighted by atomic mass is 9.80. The molecule has 3 heteroatoms. The summed E-state index contributed by atoms with van der Waals surface area (Å²) in [7, 11) is 0. The summed E-state index contributed by atoms with van der Waals surface area (Å²) in [6.45, 7) is 5.31. The van der Waals surface area contributed by atoms with Gasteiger partial charge in [0.05, 0.1) is 18.4 Å². The lowest BCUT2D eigenvalue weighted by Crippen LogP contribution is -2.26. The van der Waals surface area contributed by atoms with E-state index in [1.165, 1.54) is 19.3 Å². The molecule has 17 heavy (non-hydrogen) atoms. The summed E-state index contributed by atoms with van der Waals surface area (Å²) in [5.74, 6) is 1.63. The van der Waals surface area contributed by atoms with Crippen LogP contribution in [0.5, 0.6) is 0 Å². The molecular weight excluding hydrogens is 278 g/mol. The number of ether oxygens (including phenoxy) is 1. The first-order chi connectivity index (χ1) is 8.15. The molecule has 0 radical (unpaired) electrons. The Labute approximate surface area is 112 Å². The van der Waals surface area contributed by atoms with E-state index in [9.17, 15) is 0 Å². The van der Waals surface area contributed by atoms with Crippen molar-refractivity contribution in [3.05, 3.63) is 28.5 Å². The van der Waals surface area contributed by atoms with Gasteiger partial charge >= 0.3 is 0 Å². The molecule has 0 aliphatic heterocycles. The first kappa shape index (κ1) is 13.0. The van der Waals surface area contributed by atoms with Gasteiger partial charge in [-0.05, 0) is 59.2 Å². The SMILES string of the molecule is CC1CCC(OCc2ccc(Br)cn2)CC1C.